The first-order chi connectivity index (χ1) is 12.5. The molecule has 0 spiro atoms. The van der Waals surface area contributed by atoms with E-state index in [4.69, 9.17) is 0 Å². The SMILES string of the molecule is CC(=NN(C)c1cc(C)nc(-c2ccccc2O)n1)c1ccccc1O. The molecule has 26 heavy (non-hydrogen) atoms. The van der Waals surface area contributed by atoms with Crippen molar-refractivity contribution in [2.24, 2.45) is 5.10 Å². The van der Waals surface area contributed by atoms with Gasteiger partial charge in [0, 0.05) is 24.4 Å². The zero-order valence-corrected chi connectivity index (χ0v) is 14.9. The number of aryl methyl sites for hydroxylation is 1. The third-order valence-electron chi connectivity index (χ3n) is 3.91. The maximum Gasteiger partial charge on any atom is 0.165 e. The summed E-state index contributed by atoms with van der Waals surface area (Å²) >= 11 is 0. The van der Waals surface area contributed by atoms with E-state index in [0.29, 0.717) is 28.5 Å². The lowest BCUT2D eigenvalue weighted by Gasteiger charge is -2.16. The standard InChI is InChI=1S/C20H20N4O2/c1-13-12-19(22-20(21-13)16-9-5-7-11-18(16)26)24(3)23-14(2)15-8-4-6-10-17(15)25/h4-12,25-26H,1-3H3. The van der Waals surface area contributed by atoms with Gasteiger partial charge in [-0.2, -0.15) is 5.10 Å². The van der Waals surface area contributed by atoms with Crippen LogP contribution >= 0.6 is 0 Å². The number of anilines is 1. The Bertz CT molecular complexity index is 970. The summed E-state index contributed by atoms with van der Waals surface area (Å²) in [6.45, 7) is 3.69. The Labute approximate surface area is 152 Å². The molecule has 0 saturated carbocycles. The molecule has 0 aliphatic carbocycles. The van der Waals surface area contributed by atoms with Gasteiger partial charge in [-0.25, -0.2) is 9.97 Å². The Morgan fingerprint density at radius 3 is 2.31 bits per heavy atom. The van der Waals surface area contributed by atoms with Crippen LogP contribution in [0.4, 0.5) is 5.82 Å². The van der Waals surface area contributed by atoms with Crippen LogP contribution in [0.15, 0.2) is 59.7 Å². The lowest BCUT2D eigenvalue weighted by Crippen LogP contribution is -2.15. The predicted octanol–water partition coefficient (Wildman–Crippen LogP) is 3.72. The van der Waals surface area contributed by atoms with E-state index < -0.39 is 0 Å². The van der Waals surface area contributed by atoms with E-state index in [0.717, 1.165) is 5.69 Å². The second-order valence-electron chi connectivity index (χ2n) is 5.93. The molecule has 0 bridgehead atoms. The van der Waals surface area contributed by atoms with Gasteiger partial charge < -0.3 is 10.2 Å². The summed E-state index contributed by atoms with van der Waals surface area (Å²) in [4.78, 5) is 8.93. The van der Waals surface area contributed by atoms with Crippen molar-refractivity contribution in [2.45, 2.75) is 13.8 Å². The lowest BCUT2D eigenvalue weighted by molar-refractivity contribution is 0.474. The third-order valence-corrected chi connectivity index (χ3v) is 3.91. The Kier molecular flexibility index (Phi) is 4.84. The molecule has 0 radical (unpaired) electrons. The molecule has 0 atom stereocenters. The predicted molar refractivity (Wildman–Crippen MR) is 103 cm³/mol. The van der Waals surface area contributed by atoms with Crippen LogP contribution in [0.5, 0.6) is 11.5 Å². The van der Waals surface area contributed by atoms with Gasteiger partial charge in [0.25, 0.3) is 0 Å². The summed E-state index contributed by atoms with van der Waals surface area (Å²) < 4.78 is 0. The van der Waals surface area contributed by atoms with Crippen molar-refractivity contribution in [1.29, 1.82) is 0 Å². The molecular formula is C20H20N4O2. The fourth-order valence-corrected chi connectivity index (χ4v) is 2.61. The number of aromatic nitrogens is 2. The molecule has 1 aromatic heterocycles. The van der Waals surface area contributed by atoms with Crippen LogP contribution < -0.4 is 5.01 Å². The zero-order valence-electron chi connectivity index (χ0n) is 14.9. The van der Waals surface area contributed by atoms with Crippen LogP contribution in [-0.2, 0) is 0 Å². The van der Waals surface area contributed by atoms with Crippen molar-refractivity contribution >= 4 is 11.5 Å². The topological polar surface area (TPSA) is 81.8 Å². The monoisotopic (exact) mass is 348 g/mol. The minimum Gasteiger partial charge on any atom is -0.507 e. The van der Waals surface area contributed by atoms with Gasteiger partial charge in [0.2, 0.25) is 0 Å². The number of para-hydroxylation sites is 2. The van der Waals surface area contributed by atoms with Gasteiger partial charge in [-0.05, 0) is 38.1 Å². The summed E-state index contributed by atoms with van der Waals surface area (Å²) in [6.07, 6.45) is 0. The Morgan fingerprint density at radius 1 is 0.962 bits per heavy atom. The Balaban J connectivity index is 1.98. The molecule has 3 rings (SSSR count). The van der Waals surface area contributed by atoms with Crippen LogP contribution in [0.2, 0.25) is 0 Å². The maximum absolute atomic E-state index is 10.1. The molecule has 0 amide bonds. The van der Waals surface area contributed by atoms with Gasteiger partial charge in [-0.3, -0.25) is 5.01 Å². The minimum absolute atomic E-state index is 0.126. The summed E-state index contributed by atoms with van der Waals surface area (Å²) in [6, 6.07) is 15.8. The average Bonchev–Trinajstić information content (AvgIpc) is 2.61. The van der Waals surface area contributed by atoms with Gasteiger partial charge in [0.1, 0.15) is 11.5 Å². The molecule has 2 N–H and O–H groups in total. The van der Waals surface area contributed by atoms with Crippen LogP contribution in [0.3, 0.4) is 0 Å². The second-order valence-corrected chi connectivity index (χ2v) is 5.93. The molecule has 0 saturated heterocycles. The maximum atomic E-state index is 10.1. The molecule has 0 fully saturated rings. The van der Waals surface area contributed by atoms with Gasteiger partial charge >= 0.3 is 0 Å². The Hall–Kier alpha value is -3.41. The van der Waals surface area contributed by atoms with E-state index in [2.05, 4.69) is 15.1 Å². The zero-order chi connectivity index (χ0) is 18.7. The Morgan fingerprint density at radius 2 is 1.62 bits per heavy atom. The summed E-state index contributed by atoms with van der Waals surface area (Å²) in [7, 11) is 1.78. The summed E-state index contributed by atoms with van der Waals surface area (Å²) in [5, 5.41) is 26.2. The number of benzene rings is 2. The van der Waals surface area contributed by atoms with Crippen molar-refractivity contribution in [2.75, 3.05) is 12.1 Å². The highest BCUT2D eigenvalue weighted by Gasteiger charge is 2.12. The normalized spacial score (nSPS) is 11.4. The van der Waals surface area contributed by atoms with Gasteiger partial charge in [-0.15, -0.1) is 0 Å². The van der Waals surface area contributed by atoms with Crippen LogP contribution in [0.1, 0.15) is 18.2 Å². The average molecular weight is 348 g/mol. The molecule has 0 aliphatic heterocycles. The fraction of sp³-hybridized carbons (Fsp3) is 0.150. The molecule has 2 aromatic carbocycles. The molecule has 6 heteroatoms. The quantitative estimate of drug-likeness (QED) is 0.555. The van der Waals surface area contributed by atoms with Crippen LogP contribution in [-0.4, -0.2) is 32.9 Å². The first-order valence-corrected chi connectivity index (χ1v) is 8.17. The third kappa shape index (κ3) is 3.64. The molecule has 6 nitrogen and oxygen atoms in total. The van der Waals surface area contributed by atoms with Crippen LogP contribution in [0, 0.1) is 6.92 Å². The number of hydrogen-bond donors (Lipinski definition) is 2. The van der Waals surface area contributed by atoms with Crippen molar-refractivity contribution in [3.63, 3.8) is 0 Å². The largest absolute Gasteiger partial charge is 0.507 e. The van der Waals surface area contributed by atoms with E-state index >= 15 is 0 Å². The number of phenols is 2. The van der Waals surface area contributed by atoms with Crippen molar-refractivity contribution < 1.29 is 10.2 Å². The first kappa shape index (κ1) is 17.4. The van der Waals surface area contributed by atoms with Gasteiger partial charge in [0.15, 0.2) is 11.6 Å². The lowest BCUT2D eigenvalue weighted by atomic mass is 10.1. The number of hydrogen-bond acceptors (Lipinski definition) is 6. The first-order valence-electron chi connectivity index (χ1n) is 8.17. The minimum atomic E-state index is 0.126. The number of rotatable bonds is 4. The van der Waals surface area contributed by atoms with Gasteiger partial charge in [-0.1, -0.05) is 24.3 Å². The van der Waals surface area contributed by atoms with Gasteiger partial charge in [0.05, 0.1) is 11.3 Å². The van der Waals surface area contributed by atoms with E-state index in [1.54, 1.807) is 48.5 Å². The smallest absolute Gasteiger partial charge is 0.165 e. The molecular weight excluding hydrogens is 328 g/mol. The molecule has 0 unspecified atom stereocenters. The summed E-state index contributed by atoms with van der Waals surface area (Å²) in [5.41, 5.74) is 2.64. The highest BCUT2D eigenvalue weighted by Crippen LogP contribution is 2.27. The summed E-state index contributed by atoms with van der Waals surface area (Å²) in [5.74, 6) is 1.32. The molecule has 1 heterocycles. The molecule has 3 aromatic rings. The number of phenolic OH excluding ortho intramolecular Hbond substituents is 2. The molecule has 0 aliphatic rings. The van der Waals surface area contributed by atoms with Crippen molar-refractivity contribution in [1.82, 2.24) is 9.97 Å². The number of aromatic hydroxyl groups is 2. The highest BCUT2D eigenvalue weighted by molar-refractivity contribution is 6.01. The number of hydrazone groups is 1. The van der Waals surface area contributed by atoms with Crippen molar-refractivity contribution in [3.05, 3.63) is 65.9 Å². The van der Waals surface area contributed by atoms with E-state index in [9.17, 15) is 10.2 Å². The van der Waals surface area contributed by atoms with E-state index in [1.807, 2.05) is 32.0 Å². The fourth-order valence-electron chi connectivity index (χ4n) is 2.61. The molecule has 132 valence electrons. The van der Waals surface area contributed by atoms with Crippen molar-refractivity contribution in [3.8, 4) is 22.9 Å². The van der Waals surface area contributed by atoms with E-state index in [1.165, 1.54) is 0 Å². The second kappa shape index (κ2) is 7.23. The highest BCUT2D eigenvalue weighted by atomic mass is 16.3. The van der Waals surface area contributed by atoms with E-state index in [-0.39, 0.29) is 11.5 Å². The van der Waals surface area contributed by atoms with Crippen LogP contribution in [0.25, 0.3) is 11.4 Å². The number of nitrogens with zero attached hydrogens (tertiary/aromatic N) is 4.